The second-order valence-corrected chi connectivity index (χ2v) is 5.83. The fourth-order valence-corrected chi connectivity index (χ4v) is 3.18. The third kappa shape index (κ3) is 5.21. The molecule has 0 spiro atoms. The Balaban J connectivity index is 2.34. The summed E-state index contributed by atoms with van der Waals surface area (Å²) in [6.07, 6.45) is 5.47. The van der Waals surface area contributed by atoms with Crippen LogP contribution in [0.4, 0.5) is 0 Å². The van der Waals surface area contributed by atoms with Gasteiger partial charge in [0.1, 0.15) is 6.29 Å². The third-order valence-electron chi connectivity index (χ3n) is 4.36. The van der Waals surface area contributed by atoms with Crippen molar-refractivity contribution in [1.29, 1.82) is 0 Å². The Kier molecular flexibility index (Phi) is 7.57. The van der Waals surface area contributed by atoms with E-state index in [1.165, 1.54) is 0 Å². The van der Waals surface area contributed by atoms with Crippen LogP contribution < -0.4 is 0 Å². The van der Waals surface area contributed by atoms with E-state index in [1.807, 2.05) is 0 Å². The lowest BCUT2D eigenvalue weighted by molar-refractivity contribution is -0.109. The quantitative estimate of drug-likeness (QED) is 0.440. The second kappa shape index (κ2) is 8.67. The first-order valence-corrected chi connectivity index (χ1v) is 7.58. The third-order valence-corrected chi connectivity index (χ3v) is 4.36. The first kappa shape index (κ1) is 16.6. The van der Waals surface area contributed by atoms with Crippen LogP contribution in [0.1, 0.15) is 58.3 Å². The summed E-state index contributed by atoms with van der Waals surface area (Å²) in [5.74, 6) is -0.198. The maximum Gasteiger partial charge on any atom is 0.120 e. The van der Waals surface area contributed by atoms with E-state index < -0.39 is 12.2 Å². The molecule has 112 valence electrons. The molecule has 0 bridgehead atoms. The molecule has 0 amide bonds. The molecule has 1 saturated carbocycles. The monoisotopic (exact) mass is 272 g/mol. The van der Waals surface area contributed by atoms with E-state index in [-0.39, 0.29) is 17.9 Å². The maximum atomic E-state index is 10.6. The molecule has 4 unspecified atom stereocenters. The van der Waals surface area contributed by atoms with Gasteiger partial charge in [-0.15, -0.1) is 0 Å². The predicted molar refractivity (Wildman–Crippen MR) is 73.7 cm³/mol. The molecule has 0 aromatic heterocycles. The number of rotatable bonds is 9. The molecule has 1 aliphatic rings. The van der Waals surface area contributed by atoms with Crippen molar-refractivity contribution in [3.63, 3.8) is 0 Å². The highest BCUT2D eigenvalue weighted by Crippen LogP contribution is 2.37. The van der Waals surface area contributed by atoms with E-state index >= 15 is 0 Å². The Bertz CT molecular complexity index is 257. The zero-order valence-electron chi connectivity index (χ0n) is 11.9. The number of aldehydes is 1. The SMILES string of the molecule is CCCCC[C@H](O)CCC1C(O)CC(O)C1CC=O. The summed E-state index contributed by atoms with van der Waals surface area (Å²) in [6, 6.07) is 0. The molecule has 0 aromatic carbocycles. The van der Waals surface area contributed by atoms with Crippen LogP contribution in [0.25, 0.3) is 0 Å². The van der Waals surface area contributed by atoms with Gasteiger partial charge in [0.25, 0.3) is 0 Å². The molecule has 4 nitrogen and oxygen atoms in total. The minimum absolute atomic E-state index is 0.0546. The number of hydrogen-bond acceptors (Lipinski definition) is 4. The largest absolute Gasteiger partial charge is 0.393 e. The maximum absolute atomic E-state index is 10.6. The highest BCUT2D eigenvalue weighted by atomic mass is 16.3. The standard InChI is InChI=1S/C15H28O4/c1-2-3-4-5-11(17)6-7-12-13(8-9-16)15(19)10-14(12)18/h9,11-15,17-19H,2-8,10H2,1H3/t11-,12?,13?,14?,15?/m0/s1. The van der Waals surface area contributed by atoms with Crippen molar-refractivity contribution >= 4 is 6.29 Å². The van der Waals surface area contributed by atoms with Crippen LogP contribution in [0.15, 0.2) is 0 Å². The Labute approximate surface area is 115 Å². The molecule has 5 atom stereocenters. The number of aliphatic hydroxyl groups is 3. The van der Waals surface area contributed by atoms with Crippen LogP contribution in [0.2, 0.25) is 0 Å². The van der Waals surface area contributed by atoms with E-state index in [0.717, 1.165) is 32.0 Å². The van der Waals surface area contributed by atoms with Gasteiger partial charge in [0.05, 0.1) is 18.3 Å². The van der Waals surface area contributed by atoms with Gasteiger partial charge in [0.15, 0.2) is 0 Å². The molecule has 0 saturated heterocycles. The number of hydrogen-bond donors (Lipinski definition) is 3. The summed E-state index contributed by atoms with van der Waals surface area (Å²) in [7, 11) is 0. The van der Waals surface area contributed by atoms with Gasteiger partial charge in [-0.2, -0.15) is 0 Å². The van der Waals surface area contributed by atoms with Crippen molar-refractivity contribution in [1.82, 2.24) is 0 Å². The van der Waals surface area contributed by atoms with Gasteiger partial charge in [-0.25, -0.2) is 0 Å². The molecule has 0 aliphatic heterocycles. The minimum Gasteiger partial charge on any atom is -0.393 e. The normalized spacial score (nSPS) is 32.4. The van der Waals surface area contributed by atoms with Gasteiger partial charge in [-0.3, -0.25) is 0 Å². The molecular weight excluding hydrogens is 244 g/mol. The Morgan fingerprint density at radius 3 is 2.47 bits per heavy atom. The van der Waals surface area contributed by atoms with E-state index in [0.29, 0.717) is 25.7 Å². The van der Waals surface area contributed by atoms with Gasteiger partial charge in [-0.1, -0.05) is 26.2 Å². The fourth-order valence-electron chi connectivity index (χ4n) is 3.18. The average molecular weight is 272 g/mol. The topological polar surface area (TPSA) is 77.8 Å². The Morgan fingerprint density at radius 2 is 1.84 bits per heavy atom. The average Bonchev–Trinajstić information content (AvgIpc) is 2.63. The molecule has 3 N–H and O–H groups in total. The van der Waals surface area contributed by atoms with Gasteiger partial charge < -0.3 is 20.1 Å². The lowest BCUT2D eigenvalue weighted by Crippen LogP contribution is -2.24. The van der Waals surface area contributed by atoms with Crippen molar-refractivity contribution in [3.05, 3.63) is 0 Å². The molecule has 1 rings (SSSR count). The first-order valence-electron chi connectivity index (χ1n) is 7.58. The number of carbonyl (C=O) groups excluding carboxylic acids is 1. The molecule has 4 heteroatoms. The van der Waals surface area contributed by atoms with Crippen LogP contribution in [0, 0.1) is 11.8 Å². The number of carbonyl (C=O) groups is 1. The van der Waals surface area contributed by atoms with Crippen molar-refractivity contribution in [2.75, 3.05) is 0 Å². The van der Waals surface area contributed by atoms with Gasteiger partial charge in [0, 0.05) is 6.42 Å². The van der Waals surface area contributed by atoms with Gasteiger partial charge in [0.2, 0.25) is 0 Å². The lowest BCUT2D eigenvalue weighted by Gasteiger charge is -2.23. The predicted octanol–water partition coefficient (Wildman–Crippen LogP) is 1.65. The summed E-state index contributed by atoms with van der Waals surface area (Å²) in [4.78, 5) is 10.6. The fraction of sp³-hybridized carbons (Fsp3) is 0.933. The molecular formula is C15H28O4. The summed E-state index contributed by atoms with van der Waals surface area (Å²) >= 11 is 0. The molecule has 19 heavy (non-hydrogen) atoms. The van der Waals surface area contributed by atoms with Crippen LogP contribution in [0.5, 0.6) is 0 Å². The van der Waals surface area contributed by atoms with Crippen molar-refractivity contribution in [2.24, 2.45) is 11.8 Å². The van der Waals surface area contributed by atoms with Gasteiger partial charge >= 0.3 is 0 Å². The zero-order valence-corrected chi connectivity index (χ0v) is 11.9. The van der Waals surface area contributed by atoms with Crippen LogP contribution >= 0.6 is 0 Å². The zero-order chi connectivity index (χ0) is 14.3. The van der Waals surface area contributed by atoms with E-state index in [9.17, 15) is 20.1 Å². The molecule has 1 fully saturated rings. The lowest BCUT2D eigenvalue weighted by atomic mass is 9.86. The number of aliphatic hydroxyl groups excluding tert-OH is 3. The smallest absolute Gasteiger partial charge is 0.120 e. The molecule has 0 heterocycles. The van der Waals surface area contributed by atoms with E-state index in [1.54, 1.807) is 0 Å². The van der Waals surface area contributed by atoms with Crippen LogP contribution in [-0.2, 0) is 4.79 Å². The highest BCUT2D eigenvalue weighted by molar-refractivity contribution is 5.50. The van der Waals surface area contributed by atoms with Gasteiger partial charge in [-0.05, 0) is 37.5 Å². The van der Waals surface area contributed by atoms with E-state index in [2.05, 4.69) is 6.92 Å². The van der Waals surface area contributed by atoms with Crippen molar-refractivity contribution in [2.45, 2.75) is 76.6 Å². The van der Waals surface area contributed by atoms with Crippen molar-refractivity contribution in [3.8, 4) is 0 Å². The highest BCUT2D eigenvalue weighted by Gasteiger charge is 2.40. The number of unbranched alkanes of at least 4 members (excludes halogenated alkanes) is 2. The molecule has 0 aromatic rings. The van der Waals surface area contributed by atoms with E-state index in [4.69, 9.17) is 0 Å². The minimum atomic E-state index is -0.581. The first-order chi connectivity index (χ1) is 9.10. The summed E-state index contributed by atoms with van der Waals surface area (Å²) in [6.45, 7) is 2.13. The summed E-state index contributed by atoms with van der Waals surface area (Å²) in [5.41, 5.74) is 0. The Morgan fingerprint density at radius 1 is 1.16 bits per heavy atom. The molecule has 1 aliphatic carbocycles. The van der Waals surface area contributed by atoms with Crippen molar-refractivity contribution < 1.29 is 20.1 Å². The molecule has 0 radical (unpaired) electrons. The van der Waals surface area contributed by atoms with Crippen LogP contribution in [-0.4, -0.2) is 39.9 Å². The second-order valence-electron chi connectivity index (χ2n) is 5.83. The summed E-state index contributed by atoms with van der Waals surface area (Å²) < 4.78 is 0. The van der Waals surface area contributed by atoms with Crippen LogP contribution in [0.3, 0.4) is 0 Å². The summed E-state index contributed by atoms with van der Waals surface area (Å²) in [5, 5.41) is 29.6. The Hall–Kier alpha value is -0.450.